The second-order valence-electron chi connectivity index (χ2n) is 14.0. The third-order valence-corrected chi connectivity index (χ3v) is 9.02. The smallest absolute Gasteiger partial charge is 0.337 e. The molecule has 3 aliphatic heterocycles. The molecule has 9 nitrogen and oxygen atoms in total. The van der Waals surface area contributed by atoms with Gasteiger partial charge < -0.3 is 24.2 Å². The predicted molar refractivity (Wildman–Crippen MR) is 180 cm³/mol. The third kappa shape index (κ3) is 6.76. The summed E-state index contributed by atoms with van der Waals surface area (Å²) in [6.45, 7) is 13.9. The molecule has 7 rings (SSSR count). The number of piperidine rings is 1. The Morgan fingerprint density at radius 3 is 2.54 bits per heavy atom. The van der Waals surface area contributed by atoms with Crippen molar-refractivity contribution in [3.63, 3.8) is 0 Å². The van der Waals surface area contributed by atoms with Gasteiger partial charge in [0, 0.05) is 42.6 Å². The van der Waals surface area contributed by atoms with Gasteiger partial charge in [0.1, 0.15) is 11.6 Å². The standard InChI is InChI=1S/C37H46N4O5/c1-24-12-9-10-21-44-37(6)17-19-40(20-18-37)34-32(33(35(42)43)46-36(3,4)5)25(2)38-31-23-29(39-41(31)34)27-14-11-13-26(22-27)28-15-7-8-16-30(28)45-24/h7-8,11,13-16,22-24,33H,9-10,12,17-21H2,1-6H3,(H,42,43)/t24-,33+/m1/s1. The third-order valence-electron chi connectivity index (χ3n) is 9.02. The summed E-state index contributed by atoms with van der Waals surface area (Å²) in [5.41, 5.74) is 4.60. The van der Waals surface area contributed by atoms with Crippen molar-refractivity contribution >= 4 is 17.4 Å². The lowest BCUT2D eigenvalue weighted by atomic mass is 9.92. The van der Waals surface area contributed by atoms with Crippen LogP contribution in [0, 0.1) is 6.92 Å². The molecule has 2 aromatic heterocycles. The minimum atomic E-state index is -1.21. The molecule has 1 fully saturated rings. The molecule has 2 aromatic carbocycles. The van der Waals surface area contributed by atoms with E-state index in [-0.39, 0.29) is 11.7 Å². The number of rotatable bonds is 3. The molecule has 2 atom stereocenters. The lowest BCUT2D eigenvalue weighted by molar-refractivity contribution is -0.160. The number of para-hydroxylation sites is 1. The van der Waals surface area contributed by atoms with Gasteiger partial charge in [-0.1, -0.05) is 36.4 Å². The predicted octanol–water partition coefficient (Wildman–Crippen LogP) is 7.64. The van der Waals surface area contributed by atoms with Crippen LogP contribution in [-0.4, -0.2) is 62.7 Å². The van der Waals surface area contributed by atoms with Crippen molar-refractivity contribution in [1.82, 2.24) is 14.6 Å². The van der Waals surface area contributed by atoms with Crippen molar-refractivity contribution < 1.29 is 24.1 Å². The Morgan fingerprint density at radius 1 is 1.07 bits per heavy atom. The zero-order chi connectivity index (χ0) is 32.6. The molecule has 1 saturated heterocycles. The van der Waals surface area contributed by atoms with E-state index in [1.54, 1.807) is 0 Å². The van der Waals surface area contributed by atoms with Gasteiger partial charge in [0.05, 0.1) is 28.6 Å². The number of ether oxygens (including phenoxy) is 3. The van der Waals surface area contributed by atoms with Crippen LogP contribution in [0.3, 0.4) is 0 Å². The van der Waals surface area contributed by atoms with Gasteiger partial charge in [0.25, 0.3) is 0 Å². The zero-order valence-electron chi connectivity index (χ0n) is 27.9. The van der Waals surface area contributed by atoms with Crippen LogP contribution in [0.25, 0.3) is 28.0 Å². The van der Waals surface area contributed by atoms with Gasteiger partial charge in [-0.15, -0.1) is 0 Å². The first-order valence-corrected chi connectivity index (χ1v) is 16.5. The van der Waals surface area contributed by atoms with Crippen molar-refractivity contribution in [2.45, 2.75) is 97.1 Å². The first kappa shape index (κ1) is 32.0. The van der Waals surface area contributed by atoms with E-state index in [1.807, 2.05) is 68.6 Å². The maximum absolute atomic E-state index is 12.8. The number of anilines is 1. The van der Waals surface area contributed by atoms with Crippen LogP contribution >= 0.6 is 0 Å². The van der Waals surface area contributed by atoms with E-state index < -0.39 is 17.7 Å². The van der Waals surface area contributed by atoms with Gasteiger partial charge in [-0.2, -0.15) is 9.61 Å². The molecule has 0 saturated carbocycles. The Labute approximate surface area is 271 Å². The molecule has 1 N–H and O–H groups in total. The van der Waals surface area contributed by atoms with E-state index in [9.17, 15) is 9.90 Å². The normalized spacial score (nSPS) is 21.5. The fourth-order valence-electron chi connectivity index (χ4n) is 6.57. The number of hydrogen-bond acceptors (Lipinski definition) is 7. The van der Waals surface area contributed by atoms with E-state index in [2.05, 4.69) is 36.9 Å². The van der Waals surface area contributed by atoms with Crippen molar-refractivity contribution in [1.29, 1.82) is 0 Å². The number of carbonyl (C=O) groups is 1. The van der Waals surface area contributed by atoms with Crippen molar-refractivity contribution in [3.05, 3.63) is 65.9 Å². The minimum absolute atomic E-state index is 0.0750. The number of carboxylic acids is 1. The number of carboxylic acid groups (broad SMARTS) is 1. The SMILES string of the molecule is Cc1nc2cc3nn2c(c1[C@H](OC(C)(C)C)C(=O)O)N1CCC(C)(CC1)OCCCC[C@@H](C)Oc1ccccc1-c1cccc-3c1. The Balaban J connectivity index is 1.52. The molecule has 5 heterocycles. The highest BCUT2D eigenvalue weighted by Gasteiger charge is 2.38. The average Bonchev–Trinajstić information content (AvgIpc) is 3.43. The Bertz CT molecular complexity index is 1720. The summed E-state index contributed by atoms with van der Waals surface area (Å²) < 4.78 is 21.0. The van der Waals surface area contributed by atoms with Gasteiger partial charge in [0.2, 0.25) is 0 Å². The van der Waals surface area contributed by atoms with Crippen molar-refractivity contribution in [3.8, 4) is 28.1 Å². The Hall–Kier alpha value is -3.95. The maximum atomic E-state index is 12.8. The largest absolute Gasteiger partial charge is 0.490 e. The topological polar surface area (TPSA) is 98.4 Å². The second-order valence-corrected chi connectivity index (χ2v) is 14.0. The van der Waals surface area contributed by atoms with E-state index in [4.69, 9.17) is 24.3 Å². The lowest BCUT2D eigenvalue weighted by Crippen LogP contribution is -2.46. The van der Waals surface area contributed by atoms with Crippen LogP contribution in [-0.2, 0) is 14.3 Å². The maximum Gasteiger partial charge on any atom is 0.337 e. The van der Waals surface area contributed by atoms with E-state index in [0.717, 1.165) is 60.2 Å². The summed E-state index contributed by atoms with van der Waals surface area (Å²) in [7, 11) is 0. The van der Waals surface area contributed by atoms with Crippen LogP contribution in [0.4, 0.5) is 5.82 Å². The van der Waals surface area contributed by atoms with Crippen molar-refractivity contribution in [2.75, 3.05) is 24.6 Å². The van der Waals surface area contributed by atoms with E-state index in [1.165, 1.54) is 0 Å². The molecule has 0 radical (unpaired) electrons. The summed E-state index contributed by atoms with van der Waals surface area (Å²) in [6.07, 6.45) is 3.40. The monoisotopic (exact) mass is 626 g/mol. The van der Waals surface area contributed by atoms with Gasteiger partial charge in [-0.05, 0) is 91.3 Å². The van der Waals surface area contributed by atoms with Gasteiger partial charge in [0.15, 0.2) is 11.8 Å². The second kappa shape index (κ2) is 12.7. The molecule has 0 spiro atoms. The number of nitrogens with zero attached hydrogens (tertiary/aromatic N) is 4. The van der Waals surface area contributed by atoms with E-state index in [0.29, 0.717) is 42.4 Å². The summed E-state index contributed by atoms with van der Waals surface area (Å²) >= 11 is 0. The van der Waals surface area contributed by atoms with Crippen LogP contribution in [0.2, 0.25) is 0 Å². The highest BCUT2D eigenvalue weighted by Crippen LogP contribution is 2.39. The number of fused-ring (bicyclic) bond motifs is 8. The first-order valence-electron chi connectivity index (χ1n) is 16.5. The molecule has 6 bridgehead atoms. The van der Waals surface area contributed by atoms with Gasteiger partial charge in [-0.25, -0.2) is 9.78 Å². The molecule has 4 aromatic rings. The molecule has 0 unspecified atom stereocenters. The molecule has 3 aliphatic rings. The van der Waals surface area contributed by atoms with Gasteiger partial charge in [-0.3, -0.25) is 0 Å². The Kier molecular flexibility index (Phi) is 8.83. The molecule has 0 aliphatic carbocycles. The molecular formula is C37H46N4O5. The van der Waals surface area contributed by atoms with E-state index >= 15 is 0 Å². The lowest BCUT2D eigenvalue weighted by Gasteiger charge is -2.41. The van der Waals surface area contributed by atoms with Crippen LogP contribution in [0.15, 0.2) is 54.6 Å². The van der Waals surface area contributed by atoms with Crippen molar-refractivity contribution in [2.24, 2.45) is 0 Å². The average molecular weight is 627 g/mol. The molecular weight excluding hydrogens is 580 g/mol. The number of aliphatic carboxylic acids is 1. The minimum Gasteiger partial charge on any atom is -0.490 e. The molecule has 9 heteroatoms. The molecule has 244 valence electrons. The van der Waals surface area contributed by atoms with Crippen LogP contribution in [0.5, 0.6) is 5.75 Å². The number of aromatic nitrogens is 3. The summed E-state index contributed by atoms with van der Waals surface area (Å²) in [4.78, 5) is 19.9. The fourth-order valence-corrected chi connectivity index (χ4v) is 6.57. The van der Waals surface area contributed by atoms with Crippen LogP contribution < -0.4 is 9.64 Å². The molecule has 46 heavy (non-hydrogen) atoms. The zero-order valence-corrected chi connectivity index (χ0v) is 27.9. The number of hydrogen-bond donors (Lipinski definition) is 1. The summed E-state index contributed by atoms with van der Waals surface area (Å²) in [5, 5.41) is 15.6. The quantitative estimate of drug-likeness (QED) is 0.248. The fraction of sp³-hybridized carbons (Fsp3) is 0.486. The summed E-state index contributed by atoms with van der Waals surface area (Å²) in [5.74, 6) is 0.515. The van der Waals surface area contributed by atoms with Gasteiger partial charge >= 0.3 is 5.97 Å². The first-order chi connectivity index (χ1) is 21.9. The highest BCUT2D eigenvalue weighted by molar-refractivity contribution is 5.80. The van der Waals surface area contributed by atoms with Crippen LogP contribution in [0.1, 0.15) is 84.1 Å². The number of benzene rings is 2. The highest BCUT2D eigenvalue weighted by atomic mass is 16.5. The summed E-state index contributed by atoms with van der Waals surface area (Å²) in [6, 6.07) is 18.4. The Morgan fingerprint density at radius 2 is 1.80 bits per heavy atom. The number of aryl methyl sites for hydroxylation is 1. The molecule has 0 amide bonds.